The van der Waals surface area contributed by atoms with Gasteiger partial charge in [-0.25, -0.2) is 4.39 Å². The Morgan fingerprint density at radius 2 is 2.12 bits per heavy atom. The molecule has 0 unspecified atom stereocenters. The van der Waals surface area contributed by atoms with Crippen LogP contribution in [0, 0.1) is 5.82 Å². The summed E-state index contributed by atoms with van der Waals surface area (Å²) < 4.78 is 16.1. The Hall–Kier alpha value is -1.13. The number of aromatic nitrogens is 1. The molecule has 0 bridgehead atoms. The molecule has 0 radical (unpaired) electrons. The molecular weight excluding hydrogens is 283 g/mol. The summed E-state index contributed by atoms with van der Waals surface area (Å²) in [5.41, 5.74) is 7.66. The highest BCUT2D eigenvalue weighted by Crippen LogP contribution is 2.16. The third-order valence-corrected chi connectivity index (χ3v) is 3.06. The topological polar surface area (TPSA) is 30.9 Å². The maximum Gasteiger partial charge on any atom is 0.124 e. The van der Waals surface area contributed by atoms with Crippen LogP contribution in [0.5, 0.6) is 0 Å². The first kappa shape index (κ1) is 12.3. The highest BCUT2D eigenvalue weighted by atomic mass is 79.9. The van der Waals surface area contributed by atoms with Gasteiger partial charge in [-0.3, -0.25) is 0 Å². The lowest BCUT2D eigenvalue weighted by Gasteiger charge is -2.09. The van der Waals surface area contributed by atoms with Crippen LogP contribution in [-0.2, 0) is 13.0 Å². The molecule has 17 heavy (non-hydrogen) atoms. The Labute approximate surface area is 108 Å². The van der Waals surface area contributed by atoms with E-state index < -0.39 is 0 Å². The van der Waals surface area contributed by atoms with Gasteiger partial charge in [0.25, 0.3) is 0 Å². The molecule has 2 aromatic rings. The van der Waals surface area contributed by atoms with Gasteiger partial charge in [-0.05, 0) is 48.9 Å². The molecule has 0 fully saturated rings. The van der Waals surface area contributed by atoms with Gasteiger partial charge < -0.3 is 10.3 Å². The zero-order valence-electron chi connectivity index (χ0n) is 9.37. The molecule has 2 rings (SSSR count). The van der Waals surface area contributed by atoms with Crippen molar-refractivity contribution in [2.24, 2.45) is 5.73 Å². The summed E-state index contributed by atoms with van der Waals surface area (Å²) in [5.74, 6) is -0.220. The van der Waals surface area contributed by atoms with Gasteiger partial charge in [0, 0.05) is 22.9 Å². The molecule has 0 saturated carbocycles. The van der Waals surface area contributed by atoms with Gasteiger partial charge in [0.2, 0.25) is 0 Å². The van der Waals surface area contributed by atoms with Crippen molar-refractivity contribution >= 4 is 15.9 Å². The minimum atomic E-state index is -0.220. The lowest BCUT2D eigenvalue weighted by Crippen LogP contribution is -2.09. The van der Waals surface area contributed by atoms with E-state index in [1.165, 1.54) is 11.8 Å². The van der Waals surface area contributed by atoms with Gasteiger partial charge >= 0.3 is 0 Å². The first-order valence-electron chi connectivity index (χ1n) is 5.48. The molecule has 2 N–H and O–H groups in total. The van der Waals surface area contributed by atoms with Gasteiger partial charge in [-0.2, -0.15) is 0 Å². The fraction of sp³-hybridized carbons (Fsp3) is 0.231. The molecule has 0 spiro atoms. The second kappa shape index (κ2) is 5.47. The average Bonchev–Trinajstić information content (AvgIpc) is 2.65. The van der Waals surface area contributed by atoms with E-state index in [2.05, 4.69) is 20.5 Å². The number of benzene rings is 1. The molecule has 1 aromatic carbocycles. The molecule has 0 atom stereocenters. The highest BCUT2D eigenvalue weighted by Gasteiger charge is 2.03. The minimum absolute atomic E-state index is 0.220. The van der Waals surface area contributed by atoms with Gasteiger partial charge in [0.1, 0.15) is 5.82 Å². The SMILES string of the molecule is NCCc1cccn1Cc1cc(F)cc(Br)c1. The lowest BCUT2D eigenvalue weighted by atomic mass is 10.2. The molecule has 0 aliphatic heterocycles. The van der Waals surface area contributed by atoms with Crippen LogP contribution in [0.3, 0.4) is 0 Å². The lowest BCUT2D eigenvalue weighted by molar-refractivity contribution is 0.621. The van der Waals surface area contributed by atoms with E-state index in [9.17, 15) is 4.39 Å². The van der Waals surface area contributed by atoms with Crippen LogP contribution >= 0.6 is 15.9 Å². The summed E-state index contributed by atoms with van der Waals surface area (Å²) >= 11 is 3.30. The van der Waals surface area contributed by atoms with Crippen LogP contribution in [0.15, 0.2) is 41.0 Å². The molecular formula is C13H14BrFN2. The summed E-state index contributed by atoms with van der Waals surface area (Å²) in [6.45, 7) is 1.29. The number of nitrogens with zero attached hydrogens (tertiary/aromatic N) is 1. The van der Waals surface area contributed by atoms with Crippen LogP contribution in [0.1, 0.15) is 11.3 Å². The van der Waals surface area contributed by atoms with Crippen LogP contribution in [0.25, 0.3) is 0 Å². The number of hydrogen-bond donors (Lipinski definition) is 1. The summed E-state index contributed by atoms with van der Waals surface area (Å²) in [6.07, 6.45) is 2.83. The van der Waals surface area contributed by atoms with E-state index >= 15 is 0 Å². The van der Waals surface area contributed by atoms with Crippen LogP contribution in [-0.4, -0.2) is 11.1 Å². The monoisotopic (exact) mass is 296 g/mol. The van der Waals surface area contributed by atoms with Crippen molar-refractivity contribution in [2.45, 2.75) is 13.0 Å². The maximum atomic E-state index is 13.2. The van der Waals surface area contributed by atoms with Crippen LogP contribution in [0.4, 0.5) is 4.39 Å². The molecule has 1 aromatic heterocycles. The summed E-state index contributed by atoms with van der Waals surface area (Å²) in [6, 6.07) is 8.97. The van der Waals surface area contributed by atoms with Gasteiger partial charge in [0.05, 0.1) is 0 Å². The molecule has 90 valence electrons. The summed E-state index contributed by atoms with van der Waals surface area (Å²) in [5, 5.41) is 0. The van der Waals surface area contributed by atoms with E-state index in [0.29, 0.717) is 13.1 Å². The Kier molecular flexibility index (Phi) is 3.97. The van der Waals surface area contributed by atoms with Gasteiger partial charge in [-0.1, -0.05) is 15.9 Å². The van der Waals surface area contributed by atoms with Crippen molar-refractivity contribution in [3.05, 3.63) is 58.1 Å². The number of nitrogens with two attached hydrogens (primary N) is 1. The van der Waals surface area contributed by atoms with Crippen molar-refractivity contribution < 1.29 is 4.39 Å². The molecule has 1 heterocycles. The molecule has 2 nitrogen and oxygen atoms in total. The van der Waals surface area contributed by atoms with Gasteiger partial charge in [0.15, 0.2) is 0 Å². The fourth-order valence-electron chi connectivity index (χ4n) is 1.88. The third kappa shape index (κ3) is 3.17. The zero-order chi connectivity index (χ0) is 12.3. The van der Waals surface area contributed by atoms with E-state index in [4.69, 9.17) is 5.73 Å². The maximum absolute atomic E-state index is 13.2. The highest BCUT2D eigenvalue weighted by molar-refractivity contribution is 9.10. The Balaban J connectivity index is 2.22. The van der Waals surface area contributed by atoms with E-state index in [1.54, 1.807) is 6.07 Å². The quantitative estimate of drug-likeness (QED) is 0.924. The Morgan fingerprint density at radius 3 is 2.82 bits per heavy atom. The van der Waals surface area contributed by atoms with Crippen molar-refractivity contribution in [1.29, 1.82) is 0 Å². The van der Waals surface area contributed by atoms with Crippen molar-refractivity contribution in [3.63, 3.8) is 0 Å². The molecule has 0 aliphatic rings. The fourth-order valence-corrected chi connectivity index (χ4v) is 2.39. The van der Waals surface area contributed by atoms with Crippen molar-refractivity contribution in [3.8, 4) is 0 Å². The van der Waals surface area contributed by atoms with Gasteiger partial charge in [-0.15, -0.1) is 0 Å². The third-order valence-electron chi connectivity index (χ3n) is 2.60. The van der Waals surface area contributed by atoms with E-state index in [1.807, 2.05) is 24.4 Å². The molecule has 0 saturated heterocycles. The second-order valence-corrected chi connectivity index (χ2v) is 4.86. The zero-order valence-corrected chi connectivity index (χ0v) is 11.0. The Morgan fingerprint density at radius 1 is 1.29 bits per heavy atom. The molecule has 4 heteroatoms. The minimum Gasteiger partial charge on any atom is -0.347 e. The smallest absolute Gasteiger partial charge is 0.124 e. The average molecular weight is 297 g/mol. The molecule has 0 amide bonds. The van der Waals surface area contributed by atoms with E-state index in [0.717, 1.165) is 16.5 Å². The predicted molar refractivity (Wildman–Crippen MR) is 70.4 cm³/mol. The standard InChI is InChI=1S/C13H14BrFN2/c14-11-6-10(7-12(15)8-11)9-17-5-1-2-13(17)3-4-16/h1-2,5-8H,3-4,9,16H2. The first-order valence-corrected chi connectivity index (χ1v) is 6.27. The summed E-state index contributed by atoms with van der Waals surface area (Å²) in [7, 11) is 0. The number of hydrogen-bond acceptors (Lipinski definition) is 1. The normalized spacial score (nSPS) is 10.8. The number of halogens is 2. The van der Waals surface area contributed by atoms with Crippen LogP contribution < -0.4 is 5.73 Å². The predicted octanol–water partition coefficient (Wildman–Crippen LogP) is 2.94. The summed E-state index contributed by atoms with van der Waals surface area (Å²) in [4.78, 5) is 0. The largest absolute Gasteiger partial charge is 0.347 e. The van der Waals surface area contributed by atoms with Crippen molar-refractivity contribution in [1.82, 2.24) is 4.57 Å². The second-order valence-electron chi connectivity index (χ2n) is 3.94. The van der Waals surface area contributed by atoms with Crippen molar-refractivity contribution in [2.75, 3.05) is 6.54 Å². The molecule has 0 aliphatic carbocycles. The first-order chi connectivity index (χ1) is 8.19. The van der Waals surface area contributed by atoms with E-state index in [-0.39, 0.29) is 5.82 Å². The number of rotatable bonds is 4. The van der Waals surface area contributed by atoms with Crippen LogP contribution in [0.2, 0.25) is 0 Å². The Bertz CT molecular complexity index is 488.